The van der Waals surface area contributed by atoms with Crippen molar-refractivity contribution in [3.8, 4) is 11.5 Å². The van der Waals surface area contributed by atoms with Gasteiger partial charge in [-0.1, -0.05) is 28.1 Å². The Kier molecular flexibility index (Phi) is 6.13. The fraction of sp³-hybridized carbons (Fsp3) is 0.263. The van der Waals surface area contributed by atoms with E-state index in [0.717, 1.165) is 4.47 Å². The van der Waals surface area contributed by atoms with Crippen molar-refractivity contribution in [3.63, 3.8) is 0 Å². The first-order chi connectivity index (χ1) is 13.3. The van der Waals surface area contributed by atoms with E-state index in [1.165, 1.54) is 17.0 Å². The number of ether oxygens (including phenoxy) is 2. The Labute approximate surface area is 168 Å². The van der Waals surface area contributed by atoms with Gasteiger partial charge in [-0.25, -0.2) is 0 Å². The molecule has 0 bridgehead atoms. The number of nitrogens with zero attached hydrogens (tertiary/aromatic N) is 1. The summed E-state index contributed by atoms with van der Waals surface area (Å²) in [5, 5.41) is 2.76. The first kappa shape index (κ1) is 20.1. The number of hydrogen-bond acceptors (Lipinski definition) is 4. The van der Waals surface area contributed by atoms with Gasteiger partial charge in [0.15, 0.2) is 6.61 Å². The first-order valence-corrected chi connectivity index (χ1v) is 9.19. The average Bonchev–Trinajstić information content (AvgIpc) is 2.63. The molecule has 9 heteroatoms. The summed E-state index contributed by atoms with van der Waals surface area (Å²) >= 11 is 3.34. The van der Waals surface area contributed by atoms with Crippen LogP contribution in [0.5, 0.6) is 11.5 Å². The van der Waals surface area contributed by atoms with Crippen molar-refractivity contribution < 1.29 is 27.8 Å². The highest BCUT2D eigenvalue weighted by molar-refractivity contribution is 9.10. The van der Waals surface area contributed by atoms with Crippen LogP contribution in [0.4, 0.5) is 14.5 Å². The molecule has 1 aliphatic heterocycles. The number of carbonyl (C=O) groups excluding carboxylic acids is 2. The third-order valence-corrected chi connectivity index (χ3v) is 4.62. The Hall–Kier alpha value is -2.68. The minimum atomic E-state index is -2.92. The molecule has 2 aromatic carbocycles. The second-order valence-corrected chi connectivity index (χ2v) is 7.04. The zero-order chi connectivity index (χ0) is 20.3. The van der Waals surface area contributed by atoms with Gasteiger partial charge in [0.25, 0.3) is 5.91 Å². The van der Waals surface area contributed by atoms with E-state index in [1.54, 1.807) is 37.3 Å². The number of alkyl halides is 2. The average molecular weight is 455 g/mol. The van der Waals surface area contributed by atoms with Crippen molar-refractivity contribution >= 4 is 33.4 Å². The maximum absolute atomic E-state index is 12.5. The summed E-state index contributed by atoms with van der Waals surface area (Å²) in [6.07, 6.45) is 0. The van der Waals surface area contributed by atoms with E-state index < -0.39 is 18.6 Å². The van der Waals surface area contributed by atoms with E-state index in [2.05, 4.69) is 26.0 Å². The molecule has 1 heterocycles. The third kappa shape index (κ3) is 4.78. The molecule has 3 rings (SSSR count). The molecule has 28 heavy (non-hydrogen) atoms. The quantitative estimate of drug-likeness (QED) is 0.723. The van der Waals surface area contributed by atoms with Gasteiger partial charge in [0.05, 0.1) is 11.7 Å². The zero-order valence-electron chi connectivity index (χ0n) is 14.8. The molecule has 148 valence electrons. The minimum Gasteiger partial charge on any atom is -0.482 e. The van der Waals surface area contributed by atoms with Crippen LogP contribution in [-0.4, -0.2) is 31.6 Å². The fourth-order valence-electron chi connectivity index (χ4n) is 2.83. The number of halogens is 3. The van der Waals surface area contributed by atoms with Crippen molar-refractivity contribution in [2.45, 2.75) is 19.6 Å². The molecule has 0 fully saturated rings. The van der Waals surface area contributed by atoms with Crippen molar-refractivity contribution in [1.29, 1.82) is 0 Å². The summed E-state index contributed by atoms with van der Waals surface area (Å²) in [5.41, 5.74) is 1.11. The Bertz CT molecular complexity index is 894. The number of anilines is 1. The summed E-state index contributed by atoms with van der Waals surface area (Å²) < 4.78 is 35.3. The van der Waals surface area contributed by atoms with Gasteiger partial charge < -0.3 is 14.8 Å². The van der Waals surface area contributed by atoms with Gasteiger partial charge in [-0.2, -0.15) is 8.78 Å². The van der Waals surface area contributed by atoms with Crippen LogP contribution >= 0.6 is 15.9 Å². The second kappa shape index (κ2) is 8.55. The molecule has 2 amide bonds. The van der Waals surface area contributed by atoms with Gasteiger partial charge in [-0.05, 0) is 42.8 Å². The molecule has 6 nitrogen and oxygen atoms in total. The summed E-state index contributed by atoms with van der Waals surface area (Å²) in [7, 11) is 0. The lowest BCUT2D eigenvalue weighted by Gasteiger charge is -2.29. The predicted octanol–water partition coefficient (Wildman–Crippen LogP) is 3.65. The van der Waals surface area contributed by atoms with Crippen LogP contribution in [0.1, 0.15) is 18.5 Å². The van der Waals surface area contributed by atoms with Crippen molar-refractivity contribution in [3.05, 3.63) is 52.5 Å². The van der Waals surface area contributed by atoms with E-state index in [-0.39, 0.29) is 24.8 Å². The molecule has 1 aliphatic rings. The largest absolute Gasteiger partial charge is 0.482 e. The number of hydrogen-bond donors (Lipinski definition) is 1. The molecule has 1 unspecified atom stereocenters. The van der Waals surface area contributed by atoms with Gasteiger partial charge in [-0.3, -0.25) is 14.5 Å². The Morgan fingerprint density at radius 1 is 1.32 bits per heavy atom. The van der Waals surface area contributed by atoms with Gasteiger partial charge >= 0.3 is 6.61 Å². The highest BCUT2D eigenvalue weighted by Crippen LogP contribution is 2.34. The number of rotatable bonds is 6. The lowest BCUT2D eigenvalue weighted by atomic mass is 10.1. The van der Waals surface area contributed by atoms with Crippen LogP contribution in [0.2, 0.25) is 0 Å². The first-order valence-electron chi connectivity index (χ1n) is 8.40. The van der Waals surface area contributed by atoms with Gasteiger partial charge in [-0.15, -0.1) is 0 Å². The van der Waals surface area contributed by atoms with Crippen molar-refractivity contribution in [2.75, 3.05) is 18.1 Å². The van der Waals surface area contributed by atoms with E-state index >= 15 is 0 Å². The van der Waals surface area contributed by atoms with Crippen LogP contribution in [0, 0.1) is 0 Å². The second-order valence-electron chi connectivity index (χ2n) is 6.12. The van der Waals surface area contributed by atoms with Crippen LogP contribution < -0.4 is 19.7 Å². The maximum atomic E-state index is 12.5. The van der Waals surface area contributed by atoms with Crippen LogP contribution in [0.25, 0.3) is 0 Å². The Morgan fingerprint density at radius 2 is 2.11 bits per heavy atom. The molecule has 0 radical (unpaired) electrons. The lowest BCUT2D eigenvalue weighted by Crippen LogP contribution is -2.45. The fourth-order valence-corrected chi connectivity index (χ4v) is 3.17. The number of amides is 2. The topological polar surface area (TPSA) is 67.9 Å². The highest BCUT2D eigenvalue weighted by atomic mass is 79.9. The van der Waals surface area contributed by atoms with Gasteiger partial charge in [0, 0.05) is 4.47 Å². The number of benzene rings is 2. The highest BCUT2D eigenvalue weighted by Gasteiger charge is 2.27. The summed E-state index contributed by atoms with van der Waals surface area (Å²) in [4.78, 5) is 26.0. The maximum Gasteiger partial charge on any atom is 0.387 e. The molecule has 0 saturated carbocycles. The molecular formula is C19H17BrF2N2O4. The lowest BCUT2D eigenvalue weighted by molar-refractivity contribution is -0.125. The van der Waals surface area contributed by atoms with Gasteiger partial charge in [0.1, 0.15) is 18.0 Å². The van der Waals surface area contributed by atoms with Gasteiger partial charge in [0.2, 0.25) is 5.91 Å². The predicted molar refractivity (Wildman–Crippen MR) is 102 cm³/mol. The molecule has 1 atom stereocenters. The van der Waals surface area contributed by atoms with E-state index in [1.807, 2.05) is 0 Å². The SMILES string of the molecule is CC(NC(=O)CN1C(=O)COc2cc(Br)ccc21)c1cccc(OC(F)F)c1. The smallest absolute Gasteiger partial charge is 0.387 e. The molecule has 0 aliphatic carbocycles. The number of fused-ring (bicyclic) bond motifs is 1. The third-order valence-electron chi connectivity index (χ3n) is 4.13. The monoisotopic (exact) mass is 454 g/mol. The molecule has 1 N–H and O–H groups in total. The van der Waals surface area contributed by atoms with E-state index in [4.69, 9.17) is 4.74 Å². The molecule has 0 saturated heterocycles. The molecular weight excluding hydrogens is 438 g/mol. The summed E-state index contributed by atoms with van der Waals surface area (Å²) in [6.45, 7) is -1.55. The number of carbonyl (C=O) groups is 2. The normalized spacial score (nSPS) is 14.3. The standard InChI is InChI=1S/C19H17BrF2N2O4/c1-11(12-3-2-4-14(7-12)28-19(21)22)23-17(25)9-24-15-6-5-13(20)8-16(15)27-10-18(24)26/h2-8,11,19H,9-10H2,1H3,(H,23,25). The zero-order valence-corrected chi connectivity index (χ0v) is 16.4. The van der Waals surface area contributed by atoms with Crippen LogP contribution in [0.3, 0.4) is 0 Å². The summed E-state index contributed by atoms with van der Waals surface area (Å²) in [6, 6.07) is 10.8. The Balaban J connectivity index is 1.68. The van der Waals surface area contributed by atoms with E-state index in [0.29, 0.717) is 17.0 Å². The van der Waals surface area contributed by atoms with Crippen LogP contribution in [0.15, 0.2) is 46.9 Å². The summed E-state index contributed by atoms with van der Waals surface area (Å²) in [5.74, 6) is -0.204. The molecule has 0 spiro atoms. The van der Waals surface area contributed by atoms with Crippen LogP contribution in [-0.2, 0) is 9.59 Å². The Morgan fingerprint density at radius 3 is 2.86 bits per heavy atom. The van der Waals surface area contributed by atoms with E-state index in [9.17, 15) is 18.4 Å². The van der Waals surface area contributed by atoms with Crippen molar-refractivity contribution in [2.24, 2.45) is 0 Å². The number of nitrogens with one attached hydrogen (secondary N) is 1. The molecule has 0 aromatic heterocycles. The molecule has 2 aromatic rings. The van der Waals surface area contributed by atoms with Crippen molar-refractivity contribution in [1.82, 2.24) is 5.32 Å². The minimum absolute atomic E-state index is 0.0106.